The Kier molecular flexibility index (Phi) is 3.30. The van der Waals surface area contributed by atoms with E-state index in [1.54, 1.807) is 24.3 Å². The highest BCUT2D eigenvalue weighted by molar-refractivity contribution is 6.01. The SMILES string of the molecule is O=C1CN(CC(=O)c2ccccc2)CC(=O)N1. The largest absolute Gasteiger partial charge is 0.294 e. The lowest BCUT2D eigenvalue weighted by Gasteiger charge is -2.24. The summed E-state index contributed by atoms with van der Waals surface area (Å²) in [4.78, 5) is 35.6. The van der Waals surface area contributed by atoms with E-state index in [0.717, 1.165) is 0 Å². The van der Waals surface area contributed by atoms with Gasteiger partial charge in [0.15, 0.2) is 5.78 Å². The minimum atomic E-state index is -0.359. The number of imide groups is 1. The fraction of sp³-hybridized carbons (Fsp3) is 0.250. The maximum absolute atomic E-state index is 11.8. The lowest BCUT2D eigenvalue weighted by Crippen LogP contribution is -2.52. The summed E-state index contributed by atoms with van der Waals surface area (Å²) in [7, 11) is 0. The maximum atomic E-state index is 11.8. The third kappa shape index (κ3) is 2.98. The Morgan fingerprint density at radius 3 is 2.29 bits per heavy atom. The molecule has 5 nitrogen and oxygen atoms in total. The van der Waals surface area contributed by atoms with Crippen LogP contribution < -0.4 is 5.32 Å². The monoisotopic (exact) mass is 232 g/mol. The van der Waals surface area contributed by atoms with Gasteiger partial charge in [-0.25, -0.2) is 0 Å². The molecule has 0 bridgehead atoms. The molecule has 0 atom stereocenters. The molecule has 0 spiro atoms. The fourth-order valence-electron chi connectivity index (χ4n) is 1.73. The highest BCUT2D eigenvalue weighted by atomic mass is 16.2. The van der Waals surface area contributed by atoms with Crippen molar-refractivity contribution in [2.75, 3.05) is 19.6 Å². The lowest BCUT2D eigenvalue weighted by atomic mass is 10.1. The van der Waals surface area contributed by atoms with Crippen molar-refractivity contribution >= 4 is 17.6 Å². The predicted octanol–water partition coefficient (Wildman–Crippen LogP) is -0.172. The summed E-state index contributed by atoms with van der Waals surface area (Å²) >= 11 is 0. The molecule has 0 aliphatic carbocycles. The topological polar surface area (TPSA) is 66.5 Å². The molecule has 1 aliphatic rings. The summed E-state index contributed by atoms with van der Waals surface area (Å²) in [6, 6.07) is 8.82. The summed E-state index contributed by atoms with van der Waals surface area (Å²) in [5, 5.41) is 2.19. The molecule has 0 radical (unpaired) electrons. The summed E-state index contributed by atoms with van der Waals surface area (Å²) in [5.74, 6) is -0.808. The molecule has 1 fully saturated rings. The van der Waals surface area contributed by atoms with E-state index in [4.69, 9.17) is 0 Å². The van der Waals surface area contributed by atoms with Gasteiger partial charge >= 0.3 is 0 Å². The molecule has 1 aliphatic heterocycles. The number of carbonyl (C=O) groups is 3. The van der Waals surface area contributed by atoms with E-state index in [1.807, 2.05) is 6.07 Å². The molecule has 2 amide bonds. The first-order valence-electron chi connectivity index (χ1n) is 5.28. The number of amides is 2. The van der Waals surface area contributed by atoms with Crippen LogP contribution in [0.3, 0.4) is 0 Å². The molecule has 1 aromatic rings. The predicted molar refractivity (Wildman–Crippen MR) is 60.4 cm³/mol. The number of hydrogen-bond acceptors (Lipinski definition) is 4. The van der Waals surface area contributed by atoms with Crippen LogP contribution in [0.25, 0.3) is 0 Å². The second-order valence-corrected chi connectivity index (χ2v) is 3.91. The average Bonchev–Trinajstić information content (AvgIpc) is 2.28. The van der Waals surface area contributed by atoms with Gasteiger partial charge in [-0.1, -0.05) is 30.3 Å². The first kappa shape index (κ1) is 11.5. The van der Waals surface area contributed by atoms with Crippen molar-refractivity contribution in [2.45, 2.75) is 0 Å². The molecule has 1 heterocycles. The molecular formula is C12H12N2O3. The van der Waals surface area contributed by atoms with Crippen LogP contribution in [0.1, 0.15) is 10.4 Å². The van der Waals surface area contributed by atoms with Gasteiger partial charge in [-0.05, 0) is 0 Å². The average molecular weight is 232 g/mol. The molecule has 0 saturated carbocycles. The number of Topliss-reactive ketones (excluding diaryl/α,β-unsaturated/α-hetero) is 1. The van der Waals surface area contributed by atoms with Gasteiger partial charge in [-0.3, -0.25) is 24.6 Å². The quantitative estimate of drug-likeness (QED) is 0.580. The number of hydrogen-bond donors (Lipinski definition) is 1. The fourth-order valence-corrected chi connectivity index (χ4v) is 1.73. The number of benzene rings is 1. The molecule has 2 rings (SSSR count). The molecule has 1 aromatic carbocycles. The van der Waals surface area contributed by atoms with Crippen LogP contribution in [0.2, 0.25) is 0 Å². The Morgan fingerprint density at radius 2 is 1.71 bits per heavy atom. The Morgan fingerprint density at radius 1 is 1.12 bits per heavy atom. The third-order valence-electron chi connectivity index (χ3n) is 2.48. The lowest BCUT2D eigenvalue weighted by molar-refractivity contribution is -0.135. The van der Waals surface area contributed by atoms with E-state index >= 15 is 0 Å². The summed E-state index contributed by atoms with van der Waals surface area (Å²) in [6.07, 6.45) is 0. The van der Waals surface area contributed by atoms with E-state index in [9.17, 15) is 14.4 Å². The number of carbonyl (C=O) groups excluding carboxylic acids is 3. The number of nitrogens with one attached hydrogen (secondary N) is 1. The standard InChI is InChI=1S/C12H12N2O3/c15-10(9-4-2-1-3-5-9)6-14-7-11(16)13-12(17)8-14/h1-5H,6-8H2,(H,13,16,17). The summed E-state index contributed by atoms with van der Waals surface area (Å²) in [5.41, 5.74) is 0.589. The van der Waals surface area contributed by atoms with Crippen LogP contribution in [0, 0.1) is 0 Å². The van der Waals surface area contributed by atoms with Gasteiger partial charge in [-0.15, -0.1) is 0 Å². The van der Waals surface area contributed by atoms with E-state index in [2.05, 4.69) is 5.32 Å². The van der Waals surface area contributed by atoms with Gasteiger partial charge in [0.2, 0.25) is 11.8 Å². The number of rotatable bonds is 3. The van der Waals surface area contributed by atoms with Crippen molar-refractivity contribution < 1.29 is 14.4 Å². The molecule has 1 N–H and O–H groups in total. The Hall–Kier alpha value is -2.01. The zero-order valence-electron chi connectivity index (χ0n) is 9.18. The minimum absolute atomic E-state index is 0.0865. The zero-order chi connectivity index (χ0) is 12.3. The van der Waals surface area contributed by atoms with Gasteiger partial charge in [-0.2, -0.15) is 0 Å². The Labute approximate surface area is 98.4 Å². The highest BCUT2D eigenvalue weighted by Gasteiger charge is 2.24. The van der Waals surface area contributed by atoms with Crippen molar-refractivity contribution in [3.63, 3.8) is 0 Å². The van der Waals surface area contributed by atoms with Crippen molar-refractivity contribution in [2.24, 2.45) is 0 Å². The molecule has 5 heteroatoms. The maximum Gasteiger partial charge on any atom is 0.240 e. The van der Waals surface area contributed by atoms with Gasteiger partial charge in [0.05, 0.1) is 19.6 Å². The van der Waals surface area contributed by atoms with Crippen molar-refractivity contribution in [3.05, 3.63) is 35.9 Å². The molecule has 0 aromatic heterocycles. The first-order chi connectivity index (χ1) is 8.15. The van der Waals surface area contributed by atoms with Crippen LogP contribution >= 0.6 is 0 Å². The molecule has 88 valence electrons. The smallest absolute Gasteiger partial charge is 0.240 e. The van der Waals surface area contributed by atoms with Crippen molar-refractivity contribution in [1.29, 1.82) is 0 Å². The highest BCUT2D eigenvalue weighted by Crippen LogP contribution is 2.03. The third-order valence-corrected chi connectivity index (χ3v) is 2.48. The Bertz CT molecular complexity index is 440. The van der Waals surface area contributed by atoms with Crippen molar-refractivity contribution in [3.8, 4) is 0 Å². The molecular weight excluding hydrogens is 220 g/mol. The van der Waals surface area contributed by atoms with Crippen LogP contribution in [-0.4, -0.2) is 42.1 Å². The molecule has 17 heavy (non-hydrogen) atoms. The van der Waals surface area contributed by atoms with E-state index in [0.29, 0.717) is 5.56 Å². The van der Waals surface area contributed by atoms with E-state index < -0.39 is 0 Å². The van der Waals surface area contributed by atoms with Crippen molar-refractivity contribution in [1.82, 2.24) is 10.2 Å². The number of ketones is 1. The van der Waals surface area contributed by atoms with E-state index in [-0.39, 0.29) is 37.2 Å². The summed E-state index contributed by atoms with van der Waals surface area (Å²) in [6.45, 7) is 0.262. The van der Waals surface area contributed by atoms with Gasteiger partial charge in [0.1, 0.15) is 0 Å². The summed E-state index contributed by atoms with van der Waals surface area (Å²) < 4.78 is 0. The normalized spacial score (nSPS) is 16.7. The molecule has 0 unspecified atom stereocenters. The van der Waals surface area contributed by atoms with Crippen LogP contribution in [0.15, 0.2) is 30.3 Å². The van der Waals surface area contributed by atoms with Gasteiger partial charge in [0, 0.05) is 5.56 Å². The van der Waals surface area contributed by atoms with Gasteiger partial charge < -0.3 is 0 Å². The first-order valence-corrected chi connectivity index (χ1v) is 5.28. The number of nitrogens with zero attached hydrogens (tertiary/aromatic N) is 1. The van der Waals surface area contributed by atoms with Crippen LogP contribution in [-0.2, 0) is 9.59 Å². The zero-order valence-corrected chi connectivity index (χ0v) is 9.18. The Balaban J connectivity index is 1.99. The minimum Gasteiger partial charge on any atom is -0.294 e. The van der Waals surface area contributed by atoms with Crippen LogP contribution in [0.5, 0.6) is 0 Å². The van der Waals surface area contributed by atoms with Crippen LogP contribution in [0.4, 0.5) is 0 Å². The van der Waals surface area contributed by atoms with E-state index in [1.165, 1.54) is 4.90 Å². The number of piperazine rings is 1. The van der Waals surface area contributed by atoms with Gasteiger partial charge in [0.25, 0.3) is 0 Å². The second kappa shape index (κ2) is 4.88. The second-order valence-electron chi connectivity index (χ2n) is 3.91. The molecule has 1 saturated heterocycles.